The van der Waals surface area contributed by atoms with Crippen LogP contribution in [0.4, 0.5) is 0 Å². The highest BCUT2D eigenvalue weighted by Gasteiger charge is 2.31. The molecule has 0 radical (unpaired) electrons. The molecule has 1 saturated heterocycles. The molecule has 3 heterocycles. The Balaban J connectivity index is 1.61. The van der Waals surface area contributed by atoms with Crippen LogP contribution in [0.15, 0.2) is 61.1 Å². The summed E-state index contributed by atoms with van der Waals surface area (Å²) in [6.45, 7) is 2.35. The third-order valence-corrected chi connectivity index (χ3v) is 5.82. The van der Waals surface area contributed by atoms with Gasteiger partial charge in [-0.3, -0.25) is 14.8 Å². The molecule has 1 aliphatic heterocycles. The van der Waals surface area contributed by atoms with E-state index in [-0.39, 0.29) is 11.9 Å². The Kier molecular flexibility index (Phi) is 5.04. The van der Waals surface area contributed by atoms with Crippen LogP contribution in [0.3, 0.4) is 0 Å². The normalized spacial score (nSPS) is 15.6. The molecule has 5 rings (SSSR count). The molecule has 1 amide bonds. The Hall–Kier alpha value is -4.18. The van der Waals surface area contributed by atoms with Crippen molar-refractivity contribution in [3.8, 4) is 29.0 Å². The molecule has 7 heteroatoms. The van der Waals surface area contributed by atoms with E-state index in [2.05, 4.69) is 27.1 Å². The number of ether oxygens (including phenoxy) is 1. The molecular weight excluding hydrogens is 402 g/mol. The van der Waals surface area contributed by atoms with Gasteiger partial charge in [0.05, 0.1) is 29.6 Å². The van der Waals surface area contributed by atoms with Crippen LogP contribution < -0.4 is 4.74 Å². The van der Waals surface area contributed by atoms with Crippen LogP contribution in [-0.2, 0) is 4.79 Å². The third kappa shape index (κ3) is 3.67. The van der Waals surface area contributed by atoms with Crippen molar-refractivity contribution in [2.45, 2.75) is 25.8 Å². The first-order chi connectivity index (χ1) is 15.6. The van der Waals surface area contributed by atoms with Crippen molar-refractivity contribution >= 4 is 16.8 Å². The highest BCUT2D eigenvalue weighted by Crippen LogP contribution is 2.41. The van der Waals surface area contributed by atoms with Gasteiger partial charge in [0, 0.05) is 42.3 Å². The van der Waals surface area contributed by atoms with E-state index in [1.807, 2.05) is 17.0 Å². The van der Waals surface area contributed by atoms with Crippen molar-refractivity contribution in [3.63, 3.8) is 0 Å². The summed E-state index contributed by atoms with van der Waals surface area (Å²) in [4.78, 5) is 26.1. The van der Waals surface area contributed by atoms with Crippen LogP contribution in [-0.4, -0.2) is 32.3 Å². The summed E-state index contributed by atoms with van der Waals surface area (Å²) in [7, 11) is 0. The van der Waals surface area contributed by atoms with Crippen LogP contribution in [0, 0.1) is 11.3 Å². The number of likely N-dealkylation sites (tertiary alicyclic amines) is 1. The number of fused-ring (bicyclic) bond motifs is 1. The maximum absolute atomic E-state index is 12.3. The molecule has 0 bridgehead atoms. The molecule has 158 valence electrons. The lowest BCUT2D eigenvalue weighted by molar-refractivity contribution is -0.129. The highest BCUT2D eigenvalue weighted by atomic mass is 16.5. The fraction of sp³-hybridized carbons (Fsp3) is 0.200. The molecule has 1 N–H and O–H groups in total. The first-order valence-corrected chi connectivity index (χ1v) is 10.5. The number of nitrogens with zero attached hydrogens (tertiary/aromatic N) is 4. The van der Waals surface area contributed by atoms with Gasteiger partial charge in [-0.25, -0.2) is 0 Å². The Morgan fingerprint density at radius 2 is 2.06 bits per heavy atom. The lowest BCUT2D eigenvalue weighted by atomic mass is 10.0. The number of aromatic amines is 1. The summed E-state index contributed by atoms with van der Waals surface area (Å²) >= 11 is 0. The predicted octanol–water partition coefficient (Wildman–Crippen LogP) is 4.97. The van der Waals surface area contributed by atoms with E-state index in [1.165, 1.54) is 0 Å². The first-order valence-electron chi connectivity index (χ1n) is 10.5. The van der Waals surface area contributed by atoms with Crippen LogP contribution in [0.25, 0.3) is 22.3 Å². The number of H-pyrrole nitrogens is 1. The fourth-order valence-electron chi connectivity index (χ4n) is 4.29. The van der Waals surface area contributed by atoms with E-state index in [1.54, 1.807) is 49.8 Å². The zero-order valence-corrected chi connectivity index (χ0v) is 17.6. The van der Waals surface area contributed by atoms with Crippen molar-refractivity contribution in [1.29, 1.82) is 5.26 Å². The number of carbonyl (C=O) groups is 1. The fourth-order valence-corrected chi connectivity index (χ4v) is 4.29. The topological polar surface area (TPSA) is 94.9 Å². The second kappa shape index (κ2) is 8.16. The van der Waals surface area contributed by atoms with Crippen molar-refractivity contribution in [2.24, 2.45) is 0 Å². The Morgan fingerprint density at radius 1 is 1.22 bits per heavy atom. The lowest BCUT2D eigenvalue weighted by Gasteiger charge is -2.25. The molecule has 0 aliphatic carbocycles. The smallest absolute Gasteiger partial charge is 0.219 e. The Morgan fingerprint density at radius 3 is 2.78 bits per heavy atom. The number of amides is 1. The largest absolute Gasteiger partial charge is 0.457 e. The zero-order valence-electron chi connectivity index (χ0n) is 17.6. The maximum atomic E-state index is 12.3. The van der Waals surface area contributed by atoms with Crippen molar-refractivity contribution in [3.05, 3.63) is 72.2 Å². The minimum absolute atomic E-state index is 0.0476. The predicted molar refractivity (Wildman–Crippen MR) is 120 cm³/mol. The molecule has 7 nitrogen and oxygen atoms in total. The number of nitrogens with one attached hydrogen (secondary N) is 1. The van der Waals surface area contributed by atoms with E-state index in [0.717, 1.165) is 47.2 Å². The van der Waals surface area contributed by atoms with E-state index in [4.69, 9.17) is 10.00 Å². The first kappa shape index (κ1) is 19.8. The second-order valence-corrected chi connectivity index (χ2v) is 7.86. The van der Waals surface area contributed by atoms with Gasteiger partial charge in [0.1, 0.15) is 17.2 Å². The summed E-state index contributed by atoms with van der Waals surface area (Å²) in [6.07, 6.45) is 6.86. The molecule has 0 spiro atoms. The molecule has 0 saturated carbocycles. The van der Waals surface area contributed by atoms with E-state index < -0.39 is 0 Å². The van der Waals surface area contributed by atoms with Gasteiger partial charge < -0.3 is 14.6 Å². The average Bonchev–Trinajstić information content (AvgIpc) is 3.47. The SMILES string of the molecule is CC(=O)N1CCCC1c1cc2[nH]c(-c3cnccn3)cc2cc1Oc1ccc(C#N)cc1. The highest BCUT2D eigenvalue weighted by molar-refractivity contribution is 5.88. The number of benzene rings is 2. The quantitative estimate of drug-likeness (QED) is 0.500. The van der Waals surface area contributed by atoms with Gasteiger partial charge in [0.2, 0.25) is 5.91 Å². The number of nitriles is 1. The summed E-state index contributed by atoms with van der Waals surface area (Å²) < 4.78 is 6.28. The Labute approximate surface area is 185 Å². The zero-order chi connectivity index (χ0) is 22.1. The molecule has 2 aromatic heterocycles. The van der Waals surface area contributed by atoms with Gasteiger partial charge in [-0.2, -0.15) is 5.26 Å². The van der Waals surface area contributed by atoms with Gasteiger partial charge in [-0.15, -0.1) is 0 Å². The monoisotopic (exact) mass is 423 g/mol. The number of hydrogen-bond donors (Lipinski definition) is 1. The van der Waals surface area contributed by atoms with Crippen molar-refractivity contribution in [1.82, 2.24) is 19.9 Å². The number of aromatic nitrogens is 3. The summed E-state index contributed by atoms with van der Waals surface area (Å²) in [5.74, 6) is 1.40. The maximum Gasteiger partial charge on any atom is 0.219 e. The number of carbonyl (C=O) groups excluding carboxylic acids is 1. The minimum atomic E-state index is -0.0476. The number of hydrogen-bond acceptors (Lipinski definition) is 5. The molecule has 1 unspecified atom stereocenters. The van der Waals surface area contributed by atoms with Crippen LogP contribution >= 0.6 is 0 Å². The molecule has 4 aromatic rings. The number of rotatable bonds is 4. The lowest BCUT2D eigenvalue weighted by Crippen LogP contribution is -2.28. The minimum Gasteiger partial charge on any atom is -0.457 e. The van der Waals surface area contributed by atoms with Gasteiger partial charge in [0.25, 0.3) is 0 Å². The van der Waals surface area contributed by atoms with Gasteiger partial charge in [0.15, 0.2) is 0 Å². The second-order valence-electron chi connectivity index (χ2n) is 7.86. The summed E-state index contributed by atoms with van der Waals surface area (Å²) in [5, 5.41) is 10.0. The Bertz CT molecular complexity index is 1320. The van der Waals surface area contributed by atoms with Gasteiger partial charge >= 0.3 is 0 Å². The third-order valence-electron chi connectivity index (χ3n) is 5.82. The molecule has 32 heavy (non-hydrogen) atoms. The molecule has 2 aromatic carbocycles. The van der Waals surface area contributed by atoms with E-state index in [9.17, 15) is 4.79 Å². The average molecular weight is 423 g/mol. The molecular formula is C25H21N5O2. The molecule has 1 atom stereocenters. The van der Waals surface area contributed by atoms with Crippen LogP contribution in [0.5, 0.6) is 11.5 Å². The van der Waals surface area contributed by atoms with E-state index in [0.29, 0.717) is 17.1 Å². The van der Waals surface area contributed by atoms with Crippen molar-refractivity contribution < 1.29 is 9.53 Å². The summed E-state index contributed by atoms with van der Waals surface area (Å²) in [6, 6.07) is 15.2. The van der Waals surface area contributed by atoms with E-state index >= 15 is 0 Å². The molecule has 1 aliphatic rings. The van der Waals surface area contributed by atoms with Crippen LogP contribution in [0.1, 0.15) is 36.9 Å². The standard InChI is InChI=1S/C25H21N5O2/c1-16(31)30-10-2-3-24(30)20-13-21-18(11-22(29-21)23-15-27-8-9-28-23)12-25(20)32-19-6-4-17(14-26)5-7-19/h4-9,11-13,15,24,29H,2-3,10H2,1H3. The van der Waals surface area contributed by atoms with Crippen LogP contribution in [0.2, 0.25) is 0 Å². The summed E-state index contributed by atoms with van der Waals surface area (Å²) in [5.41, 5.74) is 4.10. The van der Waals surface area contributed by atoms with Gasteiger partial charge in [-0.1, -0.05) is 0 Å². The molecule has 1 fully saturated rings. The van der Waals surface area contributed by atoms with Gasteiger partial charge in [-0.05, 0) is 55.3 Å². The van der Waals surface area contributed by atoms with Crippen molar-refractivity contribution in [2.75, 3.05) is 6.54 Å².